The van der Waals surface area contributed by atoms with Crippen LogP contribution in [0, 0.1) is 12.8 Å². The van der Waals surface area contributed by atoms with Crippen molar-refractivity contribution in [1.82, 2.24) is 10.2 Å². The molecule has 1 aliphatic heterocycles. The Hall–Kier alpha value is -1.59. The van der Waals surface area contributed by atoms with Crippen LogP contribution in [0.1, 0.15) is 24.0 Å². The molecular weight excluding hydrogens is 278 g/mol. The summed E-state index contributed by atoms with van der Waals surface area (Å²) in [6.45, 7) is 5.80. The number of hydrogen-bond acceptors (Lipinski definition) is 4. The van der Waals surface area contributed by atoms with E-state index in [1.54, 1.807) is 7.11 Å². The van der Waals surface area contributed by atoms with Gasteiger partial charge in [-0.05, 0) is 43.5 Å². The van der Waals surface area contributed by atoms with Gasteiger partial charge >= 0.3 is 0 Å². The van der Waals surface area contributed by atoms with Gasteiger partial charge in [-0.25, -0.2) is 0 Å². The summed E-state index contributed by atoms with van der Waals surface area (Å²) >= 11 is 0. The number of nitrogens with one attached hydrogen (secondary N) is 1. The van der Waals surface area contributed by atoms with Gasteiger partial charge in [-0.3, -0.25) is 9.69 Å². The molecule has 0 bridgehead atoms. The maximum absolute atomic E-state index is 12.1. The maximum Gasteiger partial charge on any atom is 0.224 e. The average molecular weight is 305 g/mol. The van der Waals surface area contributed by atoms with E-state index in [4.69, 9.17) is 10.5 Å². The Kier molecular flexibility index (Phi) is 6.21. The number of carbonyl (C=O) groups is 1. The predicted octanol–water partition coefficient (Wildman–Crippen LogP) is 1.29. The zero-order valence-electron chi connectivity index (χ0n) is 13.6. The van der Waals surface area contributed by atoms with Gasteiger partial charge in [0.1, 0.15) is 5.75 Å². The first-order chi connectivity index (χ1) is 10.6. The highest BCUT2D eigenvalue weighted by molar-refractivity contribution is 5.78. The first-order valence-corrected chi connectivity index (χ1v) is 7.97. The molecule has 1 heterocycles. The lowest BCUT2D eigenvalue weighted by Crippen LogP contribution is -2.43. The zero-order valence-corrected chi connectivity index (χ0v) is 13.6. The molecule has 5 heteroatoms. The van der Waals surface area contributed by atoms with Gasteiger partial charge in [0.25, 0.3) is 0 Å². The third kappa shape index (κ3) is 4.45. The molecule has 0 saturated carbocycles. The number of amides is 1. The summed E-state index contributed by atoms with van der Waals surface area (Å²) in [7, 11) is 1.70. The van der Waals surface area contributed by atoms with Gasteiger partial charge in [-0.2, -0.15) is 0 Å². The van der Waals surface area contributed by atoms with E-state index >= 15 is 0 Å². The van der Waals surface area contributed by atoms with E-state index in [2.05, 4.69) is 28.4 Å². The van der Waals surface area contributed by atoms with Crippen LogP contribution in [-0.2, 0) is 11.3 Å². The van der Waals surface area contributed by atoms with Crippen molar-refractivity contribution in [2.75, 3.05) is 33.3 Å². The van der Waals surface area contributed by atoms with Crippen LogP contribution < -0.4 is 15.8 Å². The van der Waals surface area contributed by atoms with Crippen LogP contribution in [0.5, 0.6) is 5.75 Å². The fourth-order valence-electron chi connectivity index (χ4n) is 2.97. The molecule has 0 radical (unpaired) electrons. The Morgan fingerprint density at radius 1 is 1.50 bits per heavy atom. The van der Waals surface area contributed by atoms with Crippen LogP contribution >= 0.6 is 0 Å². The van der Waals surface area contributed by atoms with Crippen LogP contribution in [0.4, 0.5) is 0 Å². The van der Waals surface area contributed by atoms with Crippen molar-refractivity contribution in [1.29, 1.82) is 0 Å². The Labute approximate surface area is 132 Å². The topological polar surface area (TPSA) is 67.6 Å². The molecule has 1 aromatic rings. The second kappa shape index (κ2) is 8.15. The van der Waals surface area contributed by atoms with E-state index in [-0.39, 0.29) is 11.8 Å². The van der Waals surface area contributed by atoms with Gasteiger partial charge in [-0.1, -0.05) is 12.1 Å². The number of methoxy groups -OCH3 is 1. The fraction of sp³-hybridized carbons (Fsp3) is 0.588. The van der Waals surface area contributed by atoms with Crippen molar-refractivity contribution in [3.63, 3.8) is 0 Å². The van der Waals surface area contributed by atoms with Crippen LogP contribution in [0.15, 0.2) is 18.2 Å². The third-order valence-corrected chi connectivity index (χ3v) is 4.20. The quantitative estimate of drug-likeness (QED) is 0.831. The number of benzene rings is 1. The Balaban J connectivity index is 1.94. The number of nitrogens with two attached hydrogens (primary N) is 1. The molecule has 1 atom stereocenters. The van der Waals surface area contributed by atoms with Crippen molar-refractivity contribution in [3.8, 4) is 5.75 Å². The van der Waals surface area contributed by atoms with Crippen LogP contribution in [-0.4, -0.2) is 44.1 Å². The summed E-state index contributed by atoms with van der Waals surface area (Å²) in [5.74, 6) is 1.14. The number of aryl methyl sites for hydroxylation is 1. The molecule has 0 spiro atoms. The third-order valence-electron chi connectivity index (χ3n) is 4.20. The van der Waals surface area contributed by atoms with E-state index in [0.717, 1.165) is 43.8 Å². The van der Waals surface area contributed by atoms with Crippen LogP contribution in [0.3, 0.4) is 0 Å². The number of nitrogens with zero attached hydrogens (tertiary/aromatic N) is 1. The van der Waals surface area contributed by atoms with E-state index < -0.39 is 0 Å². The van der Waals surface area contributed by atoms with E-state index in [0.29, 0.717) is 13.1 Å². The molecule has 1 aliphatic rings. The minimum atomic E-state index is 0.0765. The molecule has 122 valence electrons. The molecule has 2 rings (SSSR count). The zero-order chi connectivity index (χ0) is 15.9. The molecule has 1 unspecified atom stereocenters. The van der Waals surface area contributed by atoms with Crippen molar-refractivity contribution in [2.45, 2.75) is 26.3 Å². The number of hydrogen-bond donors (Lipinski definition) is 2. The molecule has 1 aromatic carbocycles. The minimum absolute atomic E-state index is 0.0765. The van der Waals surface area contributed by atoms with Crippen molar-refractivity contribution < 1.29 is 9.53 Å². The van der Waals surface area contributed by atoms with Crippen LogP contribution in [0.25, 0.3) is 0 Å². The standard InChI is InChI=1S/C17H27N3O2/c1-13-5-6-14(10-16(13)22-2)11-20-9-3-4-15(12-20)17(21)19-8-7-18/h5-6,10,15H,3-4,7-9,11-12,18H2,1-2H3,(H,19,21). The molecule has 5 nitrogen and oxygen atoms in total. The van der Waals surface area contributed by atoms with Gasteiger partial charge in [0.2, 0.25) is 5.91 Å². The van der Waals surface area contributed by atoms with Gasteiger partial charge in [0.05, 0.1) is 13.0 Å². The van der Waals surface area contributed by atoms with Crippen molar-refractivity contribution in [3.05, 3.63) is 29.3 Å². The minimum Gasteiger partial charge on any atom is -0.496 e. The summed E-state index contributed by atoms with van der Waals surface area (Å²) in [6, 6.07) is 6.31. The number of likely N-dealkylation sites (tertiary alicyclic amines) is 1. The second-order valence-electron chi connectivity index (χ2n) is 5.96. The van der Waals surface area contributed by atoms with Gasteiger partial charge in [-0.15, -0.1) is 0 Å². The normalized spacial score (nSPS) is 19.0. The van der Waals surface area contributed by atoms with E-state index in [9.17, 15) is 4.79 Å². The van der Waals surface area contributed by atoms with E-state index in [1.807, 2.05) is 6.92 Å². The van der Waals surface area contributed by atoms with E-state index in [1.165, 1.54) is 5.56 Å². The van der Waals surface area contributed by atoms with Crippen molar-refractivity contribution >= 4 is 5.91 Å². The molecule has 3 N–H and O–H groups in total. The Morgan fingerprint density at radius 3 is 3.05 bits per heavy atom. The second-order valence-corrected chi connectivity index (χ2v) is 5.96. The fourth-order valence-corrected chi connectivity index (χ4v) is 2.97. The van der Waals surface area contributed by atoms with Gasteiger partial charge in [0.15, 0.2) is 0 Å². The molecular formula is C17H27N3O2. The van der Waals surface area contributed by atoms with Crippen molar-refractivity contribution in [2.24, 2.45) is 11.7 Å². The first-order valence-electron chi connectivity index (χ1n) is 7.97. The van der Waals surface area contributed by atoms with Gasteiger partial charge in [0, 0.05) is 26.2 Å². The lowest BCUT2D eigenvalue weighted by atomic mass is 9.96. The SMILES string of the molecule is COc1cc(CN2CCCC(C(=O)NCCN)C2)ccc1C. The first kappa shape index (κ1) is 16.8. The average Bonchev–Trinajstić information content (AvgIpc) is 2.54. The Morgan fingerprint density at radius 2 is 2.32 bits per heavy atom. The lowest BCUT2D eigenvalue weighted by Gasteiger charge is -2.32. The number of ether oxygens (including phenoxy) is 1. The molecule has 22 heavy (non-hydrogen) atoms. The summed E-state index contributed by atoms with van der Waals surface area (Å²) in [6.07, 6.45) is 2.02. The maximum atomic E-state index is 12.1. The highest BCUT2D eigenvalue weighted by Crippen LogP contribution is 2.22. The monoisotopic (exact) mass is 305 g/mol. The summed E-state index contributed by atoms with van der Waals surface area (Å²) in [5.41, 5.74) is 7.81. The predicted molar refractivity (Wildman–Crippen MR) is 87.8 cm³/mol. The molecule has 0 aliphatic carbocycles. The number of piperidine rings is 1. The summed E-state index contributed by atoms with van der Waals surface area (Å²) in [4.78, 5) is 14.4. The van der Waals surface area contributed by atoms with Gasteiger partial charge < -0.3 is 15.8 Å². The number of carbonyl (C=O) groups excluding carboxylic acids is 1. The summed E-state index contributed by atoms with van der Waals surface area (Å²) < 4.78 is 5.38. The summed E-state index contributed by atoms with van der Waals surface area (Å²) in [5, 5.41) is 2.90. The molecule has 0 aromatic heterocycles. The molecule has 1 saturated heterocycles. The highest BCUT2D eigenvalue weighted by atomic mass is 16.5. The van der Waals surface area contributed by atoms with Crippen LogP contribution in [0.2, 0.25) is 0 Å². The highest BCUT2D eigenvalue weighted by Gasteiger charge is 2.25. The lowest BCUT2D eigenvalue weighted by molar-refractivity contribution is -0.126. The molecule has 1 amide bonds. The smallest absolute Gasteiger partial charge is 0.224 e. The molecule has 1 fully saturated rings. The Bertz CT molecular complexity index is 505. The largest absolute Gasteiger partial charge is 0.496 e. The number of rotatable bonds is 6.